The Kier molecular flexibility index (Phi) is 8.08. The van der Waals surface area contributed by atoms with Gasteiger partial charge in [-0.15, -0.1) is 0 Å². The van der Waals surface area contributed by atoms with Crippen molar-refractivity contribution >= 4 is 5.97 Å². The fourth-order valence-corrected chi connectivity index (χ4v) is 3.28. The lowest BCUT2D eigenvalue weighted by Gasteiger charge is -2.13. The van der Waals surface area contributed by atoms with Crippen molar-refractivity contribution in [2.75, 3.05) is 19.6 Å². The van der Waals surface area contributed by atoms with E-state index in [9.17, 15) is 4.79 Å². The molecule has 0 radical (unpaired) electrons. The molecule has 0 bridgehead atoms. The summed E-state index contributed by atoms with van der Waals surface area (Å²) in [5.74, 6) is -0.873. The zero-order valence-corrected chi connectivity index (χ0v) is 14.2. The van der Waals surface area contributed by atoms with Gasteiger partial charge in [-0.3, -0.25) is 4.98 Å². The van der Waals surface area contributed by atoms with Crippen molar-refractivity contribution in [3.8, 4) is 0 Å². The van der Waals surface area contributed by atoms with Crippen LogP contribution in [0.5, 0.6) is 0 Å². The predicted molar refractivity (Wildman–Crippen MR) is 92.9 cm³/mol. The molecule has 0 atom stereocenters. The lowest BCUT2D eigenvalue weighted by Crippen LogP contribution is -2.20. The van der Waals surface area contributed by atoms with Gasteiger partial charge in [0, 0.05) is 11.9 Å². The van der Waals surface area contributed by atoms with Gasteiger partial charge in [-0.2, -0.15) is 0 Å². The lowest BCUT2D eigenvalue weighted by molar-refractivity contribution is 0.0696. The van der Waals surface area contributed by atoms with Gasteiger partial charge in [0.05, 0.1) is 5.56 Å². The number of carbonyl (C=O) groups is 1. The summed E-state index contributed by atoms with van der Waals surface area (Å²) in [6, 6.07) is 3.24. The Morgan fingerprint density at radius 2 is 1.70 bits per heavy atom. The number of carboxylic acid groups (broad SMARTS) is 1. The first kappa shape index (κ1) is 17.9. The van der Waals surface area contributed by atoms with Gasteiger partial charge in [0.25, 0.3) is 0 Å². The zero-order chi connectivity index (χ0) is 16.3. The van der Waals surface area contributed by atoms with E-state index in [1.165, 1.54) is 71.0 Å². The number of nitrogens with zero attached hydrogens (tertiary/aromatic N) is 2. The van der Waals surface area contributed by atoms with Crippen LogP contribution in [-0.2, 0) is 6.42 Å². The molecular formula is C19H30N2O2. The molecule has 0 spiro atoms. The normalized spacial score (nSPS) is 15.1. The van der Waals surface area contributed by atoms with Gasteiger partial charge in [0.15, 0.2) is 0 Å². The van der Waals surface area contributed by atoms with Crippen LogP contribution in [0.3, 0.4) is 0 Å². The summed E-state index contributed by atoms with van der Waals surface area (Å²) in [5, 5.41) is 8.96. The Morgan fingerprint density at radius 1 is 1.04 bits per heavy atom. The monoisotopic (exact) mass is 318 g/mol. The van der Waals surface area contributed by atoms with Crippen LogP contribution < -0.4 is 0 Å². The second kappa shape index (κ2) is 10.4. The number of hydrogen-bond acceptors (Lipinski definition) is 3. The maximum atomic E-state index is 10.9. The largest absolute Gasteiger partial charge is 0.478 e. The zero-order valence-electron chi connectivity index (χ0n) is 14.2. The molecule has 1 aromatic heterocycles. The standard InChI is InChI=1S/C19H30N2O2/c22-19(23)17-11-12-20-18(16-17)10-6-4-2-1-3-5-7-13-21-14-8-9-15-21/h11-12,16H,1-10,13-15H2,(H,22,23). The Balaban J connectivity index is 1.44. The molecule has 0 saturated carbocycles. The predicted octanol–water partition coefficient (Wildman–Crippen LogP) is 4.15. The molecule has 0 aromatic carbocycles. The highest BCUT2D eigenvalue weighted by molar-refractivity contribution is 5.87. The second-order valence-electron chi connectivity index (χ2n) is 6.61. The number of rotatable bonds is 11. The molecule has 1 aliphatic heterocycles. The smallest absolute Gasteiger partial charge is 0.335 e. The van der Waals surface area contributed by atoms with Crippen LogP contribution in [0.2, 0.25) is 0 Å². The van der Waals surface area contributed by atoms with E-state index in [4.69, 9.17) is 5.11 Å². The van der Waals surface area contributed by atoms with E-state index < -0.39 is 5.97 Å². The molecule has 1 N–H and O–H groups in total. The molecule has 4 nitrogen and oxygen atoms in total. The molecule has 1 aliphatic rings. The van der Waals surface area contributed by atoms with E-state index >= 15 is 0 Å². The van der Waals surface area contributed by atoms with Crippen molar-refractivity contribution in [2.45, 2.75) is 64.2 Å². The molecular weight excluding hydrogens is 288 g/mol. The van der Waals surface area contributed by atoms with Gasteiger partial charge >= 0.3 is 5.97 Å². The van der Waals surface area contributed by atoms with Crippen LogP contribution in [-0.4, -0.2) is 40.6 Å². The summed E-state index contributed by atoms with van der Waals surface area (Å²) in [6.07, 6.45) is 14.2. The van der Waals surface area contributed by atoms with Crippen molar-refractivity contribution in [1.82, 2.24) is 9.88 Å². The number of aromatic nitrogens is 1. The summed E-state index contributed by atoms with van der Waals surface area (Å²) in [4.78, 5) is 17.8. The Hall–Kier alpha value is -1.42. The van der Waals surface area contributed by atoms with E-state index in [1.54, 1.807) is 18.3 Å². The molecule has 2 heterocycles. The summed E-state index contributed by atoms with van der Waals surface area (Å²) in [6.45, 7) is 3.93. The number of likely N-dealkylation sites (tertiary alicyclic amines) is 1. The summed E-state index contributed by atoms with van der Waals surface area (Å²) < 4.78 is 0. The average molecular weight is 318 g/mol. The molecule has 4 heteroatoms. The molecule has 2 rings (SSSR count). The van der Waals surface area contributed by atoms with Crippen LogP contribution in [0.4, 0.5) is 0 Å². The number of unbranched alkanes of at least 4 members (excludes halogenated alkanes) is 6. The minimum Gasteiger partial charge on any atom is -0.478 e. The Bertz CT molecular complexity index is 470. The van der Waals surface area contributed by atoms with Gasteiger partial charge in [-0.05, 0) is 63.9 Å². The highest BCUT2D eigenvalue weighted by atomic mass is 16.4. The third kappa shape index (κ3) is 7.12. The van der Waals surface area contributed by atoms with Gasteiger partial charge in [0.2, 0.25) is 0 Å². The molecule has 1 aromatic rings. The maximum Gasteiger partial charge on any atom is 0.335 e. The average Bonchev–Trinajstić information content (AvgIpc) is 3.07. The van der Waals surface area contributed by atoms with Crippen LogP contribution in [0.15, 0.2) is 18.3 Å². The van der Waals surface area contributed by atoms with Crippen molar-refractivity contribution in [2.24, 2.45) is 0 Å². The topological polar surface area (TPSA) is 53.4 Å². The molecule has 0 amide bonds. The highest BCUT2D eigenvalue weighted by Crippen LogP contribution is 2.12. The van der Waals surface area contributed by atoms with Crippen LogP contribution in [0.25, 0.3) is 0 Å². The fraction of sp³-hybridized carbons (Fsp3) is 0.684. The molecule has 0 unspecified atom stereocenters. The maximum absolute atomic E-state index is 10.9. The minimum absolute atomic E-state index is 0.341. The minimum atomic E-state index is -0.873. The van der Waals surface area contributed by atoms with Gasteiger partial charge in [-0.25, -0.2) is 4.79 Å². The van der Waals surface area contributed by atoms with Crippen molar-refractivity contribution in [3.05, 3.63) is 29.6 Å². The van der Waals surface area contributed by atoms with Crippen molar-refractivity contribution in [3.63, 3.8) is 0 Å². The van der Waals surface area contributed by atoms with E-state index in [0.717, 1.165) is 18.5 Å². The Labute approximate surface area is 139 Å². The number of carboxylic acids is 1. The van der Waals surface area contributed by atoms with E-state index in [-0.39, 0.29) is 0 Å². The van der Waals surface area contributed by atoms with Crippen LogP contribution in [0, 0.1) is 0 Å². The first-order valence-electron chi connectivity index (χ1n) is 9.16. The highest BCUT2D eigenvalue weighted by Gasteiger charge is 2.09. The van der Waals surface area contributed by atoms with E-state index in [1.807, 2.05) is 0 Å². The van der Waals surface area contributed by atoms with Crippen LogP contribution >= 0.6 is 0 Å². The third-order valence-corrected chi connectivity index (χ3v) is 4.67. The van der Waals surface area contributed by atoms with Gasteiger partial charge in [0.1, 0.15) is 0 Å². The second-order valence-corrected chi connectivity index (χ2v) is 6.61. The lowest BCUT2D eigenvalue weighted by atomic mass is 10.1. The molecule has 23 heavy (non-hydrogen) atoms. The third-order valence-electron chi connectivity index (χ3n) is 4.67. The quantitative estimate of drug-likeness (QED) is 0.623. The summed E-state index contributed by atoms with van der Waals surface area (Å²) in [7, 11) is 0. The van der Waals surface area contributed by atoms with Crippen LogP contribution in [0.1, 0.15) is 73.8 Å². The summed E-state index contributed by atoms with van der Waals surface area (Å²) >= 11 is 0. The number of pyridine rings is 1. The fourth-order valence-electron chi connectivity index (χ4n) is 3.28. The van der Waals surface area contributed by atoms with Crippen molar-refractivity contribution < 1.29 is 9.90 Å². The SMILES string of the molecule is O=C(O)c1ccnc(CCCCCCCCCN2CCCC2)c1. The molecule has 128 valence electrons. The first-order valence-corrected chi connectivity index (χ1v) is 9.16. The van der Waals surface area contributed by atoms with Gasteiger partial charge < -0.3 is 10.0 Å². The van der Waals surface area contributed by atoms with E-state index in [0.29, 0.717) is 5.56 Å². The van der Waals surface area contributed by atoms with Gasteiger partial charge in [-0.1, -0.05) is 32.1 Å². The number of aromatic carboxylic acids is 1. The first-order chi connectivity index (χ1) is 11.3. The van der Waals surface area contributed by atoms with E-state index in [2.05, 4.69) is 9.88 Å². The molecule has 1 fully saturated rings. The summed E-state index contributed by atoms with van der Waals surface area (Å²) in [5.41, 5.74) is 1.24. The molecule has 0 aliphatic carbocycles. The molecule has 1 saturated heterocycles. The van der Waals surface area contributed by atoms with Crippen molar-refractivity contribution in [1.29, 1.82) is 0 Å². The number of hydrogen-bond donors (Lipinski definition) is 1. The number of aryl methyl sites for hydroxylation is 1. The Morgan fingerprint density at radius 3 is 2.39 bits per heavy atom.